The molecule has 1 heterocycles. The average molecular weight is 236 g/mol. The van der Waals surface area contributed by atoms with E-state index in [-0.39, 0.29) is 0 Å². The van der Waals surface area contributed by atoms with Gasteiger partial charge in [-0.05, 0) is 38.0 Å². The van der Waals surface area contributed by atoms with Gasteiger partial charge in [-0.25, -0.2) is 0 Å². The summed E-state index contributed by atoms with van der Waals surface area (Å²) in [5.74, 6) is 2.77. The molecule has 17 heavy (non-hydrogen) atoms. The van der Waals surface area contributed by atoms with Crippen LogP contribution in [-0.4, -0.2) is 20.8 Å². The van der Waals surface area contributed by atoms with E-state index in [9.17, 15) is 0 Å². The minimum absolute atomic E-state index is 0.656. The largest absolute Gasteiger partial charge is 0.317 e. The lowest BCUT2D eigenvalue weighted by Crippen LogP contribution is -2.36. The first kappa shape index (κ1) is 12.6. The monoisotopic (exact) mass is 236 g/mol. The highest BCUT2D eigenvalue weighted by Gasteiger charge is 2.24. The summed E-state index contributed by atoms with van der Waals surface area (Å²) in [4.78, 5) is 0. The van der Waals surface area contributed by atoms with Crippen molar-refractivity contribution in [2.75, 3.05) is 0 Å². The van der Waals surface area contributed by atoms with E-state index >= 15 is 0 Å². The number of hydrogen-bond donors (Lipinski definition) is 1. The van der Waals surface area contributed by atoms with Gasteiger partial charge in [0.25, 0.3) is 0 Å². The molecule has 0 amide bonds. The Kier molecular flexibility index (Phi) is 4.15. The third kappa shape index (κ3) is 3.06. The van der Waals surface area contributed by atoms with Gasteiger partial charge in [0.05, 0.1) is 6.54 Å². The van der Waals surface area contributed by atoms with Crippen molar-refractivity contribution in [1.82, 2.24) is 20.1 Å². The van der Waals surface area contributed by atoms with Crippen molar-refractivity contribution in [2.24, 2.45) is 11.8 Å². The molecule has 0 saturated heterocycles. The van der Waals surface area contributed by atoms with E-state index in [4.69, 9.17) is 0 Å². The van der Waals surface area contributed by atoms with Crippen LogP contribution in [0, 0.1) is 11.8 Å². The summed E-state index contributed by atoms with van der Waals surface area (Å²) in [6, 6.07) is 0.656. The Morgan fingerprint density at radius 2 is 2.18 bits per heavy atom. The van der Waals surface area contributed by atoms with Crippen LogP contribution in [0.5, 0.6) is 0 Å². The Labute approximate surface area is 104 Å². The molecule has 96 valence electrons. The summed E-state index contributed by atoms with van der Waals surface area (Å²) in [5, 5.41) is 11.7. The van der Waals surface area contributed by atoms with Crippen molar-refractivity contribution in [2.45, 2.75) is 59.2 Å². The normalized spacial score (nSPS) is 29.5. The average Bonchev–Trinajstić information content (AvgIpc) is 2.78. The quantitative estimate of drug-likeness (QED) is 0.871. The summed E-state index contributed by atoms with van der Waals surface area (Å²) in [6.45, 7) is 8.65. The first-order chi connectivity index (χ1) is 8.20. The maximum atomic E-state index is 4.16. The van der Waals surface area contributed by atoms with E-state index in [0.29, 0.717) is 6.04 Å². The molecule has 0 spiro atoms. The molecule has 3 atom stereocenters. The summed E-state index contributed by atoms with van der Waals surface area (Å²) in [7, 11) is 0. The fraction of sp³-hybridized carbons (Fsp3) is 0.846. The maximum absolute atomic E-state index is 4.16. The van der Waals surface area contributed by atoms with Crippen molar-refractivity contribution < 1.29 is 0 Å². The molecule has 4 heteroatoms. The van der Waals surface area contributed by atoms with E-state index in [1.54, 1.807) is 0 Å². The second-order valence-electron chi connectivity index (χ2n) is 5.38. The first-order valence-corrected chi connectivity index (χ1v) is 6.80. The number of hydrogen-bond acceptors (Lipinski definition) is 3. The molecule has 0 aromatic carbocycles. The molecule has 1 aliphatic rings. The number of aryl methyl sites for hydroxylation is 1. The van der Waals surface area contributed by atoms with Gasteiger partial charge in [0.15, 0.2) is 0 Å². The molecule has 1 aromatic rings. The van der Waals surface area contributed by atoms with Crippen LogP contribution in [0.1, 0.15) is 45.9 Å². The third-order valence-corrected chi connectivity index (χ3v) is 4.18. The Balaban J connectivity index is 1.82. The van der Waals surface area contributed by atoms with Gasteiger partial charge < -0.3 is 9.88 Å². The molecule has 0 radical (unpaired) electrons. The zero-order valence-corrected chi connectivity index (χ0v) is 11.2. The molecular weight excluding hydrogens is 212 g/mol. The standard InChI is InChI=1S/C13H24N4/c1-4-17-9-15-16-13(17)8-14-12-6-5-10(2)11(3)7-12/h9-12,14H,4-8H2,1-3H3. The molecule has 1 saturated carbocycles. The zero-order valence-electron chi connectivity index (χ0n) is 11.2. The van der Waals surface area contributed by atoms with E-state index in [0.717, 1.165) is 30.7 Å². The van der Waals surface area contributed by atoms with Crippen LogP contribution in [0.25, 0.3) is 0 Å². The lowest BCUT2D eigenvalue weighted by atomic mass is 9.79. The Hall–Kier alpha value is -0.900. The highest BCUT2D eigenvalue weighted by atomic mass is 15.3. The lowest BCUT2D eigenvalue weighted by molar-refractivity contribution is 0.224. The summed E-state index contributed by atoms with van der Waals surface area (Å²) >= 11 is 0. The van der Waals surface area contributed by atoms with E-state index in [2.05, 4.69) is 40.9 Å². The topological polar surface area (TPSA) is 42.7 Å². The third-order valence-electron chi connectivity index (χ3n) is 4.18. The summed E-state index contributed by atoms with van der Waals surface area (Å²) < 4.78 is 2.10. The fourth-order valence-corrected chi connectivity index (χ4v) is 2.65. The second-order valence-corrected chi connectivity index (χ2v) is 5.38. The molecule has 0 aliphatic heterocycles. The molecule has 1 fully saturated rings. The van der Waals surface area contributed by atoms with Gasteiger partial charge in [-0.1, -0.05) is 13.8 Å². The van der Waals surface area contributed by atoms with Crippen LogP contribution >= 0.6 is 0 Å². The van der Waals surface area contributed by atoms with Gasteiger partial charge in [0, 0.05) is 12.6 Å². The van der Waals surface area contributed by atoms with E-state index in [1.165, 1.54) is 19.3 Å². The summed E-state index contributed by atoms with van der Waals surface area (Å²) in [5.41, 5.74) is 0. The van der Waals surface area contributed by atoms with E-state index < -0.39 is 0 Å². The van der Waals surface area contributed by atoms with Crippen molar-refractivity contribution in [3.05, 3.63) is 12.2 Å². The zero-order chi connectivity index (χ0) is 12.3. The van der Waals surface area contributed by atoms with Gasteiger partial charge in [0.1, 0.15) is 12.2 Å². The number of nitrogens with zero attached hydrogens (tertiary/aromatic N) is 3. The molecule has 1 aromatic heterocycles. The lowest BCUT2D eigenvalue weighted by Gasteiger charge is -2.32. The number of rotatable bonds is 4. The number of nitrogens with one attached hydrogen (secondary N) is 1. The van der Waals surface area contributed by atoms with Crippen molar-refractivity contribution in [3.8, 4) is 0 Å². The van der Waals surface area contributed by atoms with Gasteiger partial charge >= 0.3 is 0 Å². The highest BCUT2D eigenvalue weighted by Crippen LogP contribution is 2.29. The van der Waals surface area contributed by atoms with Crippen molar-refractivity contribution >= 4 is 0 Å². The maximum Gasteiger partial charge on any atom is 0.146 e. The molecule has 1 aliphatic carbocycles. The van der Waals surface area contributed by atoms with Gasteiger partial charge in [-0.3, -0.25) is 0 Å². The predicted octanol–water partition coefficient (Wildman–Crippen LogP) is 2.21. The SMILES string of the molecule is CCn1cnnc1CNC1CCC(C)C(C)C1. The van der Waals surface area contributed by atoms with E-state index in [1.807, 2.05) is 6.33 Å². The van der Waals surface area contributed by atoms with Crippen LogP contribution in [0.3, 0.4) is 0 Å². The Bertz CT molecular complexity index is 347. The second kappa shape index (κ2) is 5.63. The highest BCUT2D eigenvalue weighted by molar-refractivity contribution is 4.87. The Morgan fingerprint density at radius 3 is 2.88 bits per heavy atom. The van der Waals surface area contributed by atoms with Crippen molar-refractivity contribution in [1.29, 1.82) is 0 Å². The van der Waals surface area contributed by atoms with Gasteiger partial charge in [0.2, 0.25) is 0 Å². The predicted molar refractivity (Wildman–Crippen MR) is 68.5 cm³/mol. The molecule has 2 rings (SSSR count). The van der Waals surface area contributed by atoms with Crippen LogP contribution in [0.4, 0.5) is 0 Å². The van der Waals surface area contributed by atoms with Crippen molar-refractivity contribution in [3.63, 3.8) is 0 Å². The molecular formula is C13H24N4. The van der Waals surface area contributed by atoms with Gasteiger partial charge in [-0.15, -0.1) is 10.2 Å². The first-order valence-electron chi connectivity index (χ1n) is 6.80. The minimum Gasteiger partial charge on any atom is -0.317 e. The van der Waals surface area contributed by atoms with Crippen LogP contribution in [0.2, 0.25) is 0 Å². The smallest absolute Gasteiger partial charge is 0.146 e. The molecule has 4 nitrogen and oxygen atoms in total. The van der Waals surface area contributed by atoms with Crippen LogP contribution < -0.4 is 5.32 Å². The molecule has 0 bridgehead atoms. The van der Waals surface area contributed by atoms with Crippen LogP contribution in [0.15, 0.2) is 6.33 Å². The number of aromatic nitrogens is 3. The fourth-order valence-electron chi connectivity index (χ4n) is 2.65. The molecule has 3 unspecified atom stereocenters. The molecule has 1 N–H and O–H groups in total. The van der Waals surface area contributed by atoms with Gasteiger partial charge in [-0.2, -0.15) is 0 Å². The summed E-state index contributed by atoms with van der Waals surface area (Å²) in [6.07, 6.45) is 5.75. The van der Waals surface area contributed by atoms with Crippen LogP contribution in [-0.2, 0) is 13.1 Å². The Morgan fingerprint density at radius 1 is 1.35 bits per heavy atom. The minimum atomic E-state index is 0.656.